The maximum atomic E-state index is 12.1. The molecule has 0 radical (unpaired) electrons. The molecule has 0 aromatic heterocycles. The van der Waals surface area contributed by atoms with E-state index in [1.807, 2.05) is 0 Å². The molecule has 0 unspecified atom stereocenters. The van der Waals surface area contributed by atoms with Gasteiger partial charge in [0.1, 0.15) is 11.5 Å². The normalized spacial score (nSPS) is 13.5. The largest absolute Gasteiger partial charge is 0.508 e. The van der Waals surface area contributed by atoms with Crippen molar-refractivity contribution < 1.29 is 23.0 Å². The van der Waals surface area contributed by atoms with Crippen molar-refractivity contribution in [2.75, 3.05) is 7.11 Å². The SMILES string of the molecule is COc1cc(O)ccc1[C@H](N)CCC(F)(F)F. The number of rotatable bonds is 4. The molecule has 0 spiro atoms. The van der Waals surface area contributed by atoms with Gasteiger partial charge >= 0.3 is 6.18 Å². The van der Waals surface area contributed by atoms with Crippen molar-refractivity contribution >= 4 is 0 Å². The second-order valence-electron chi connectivity index (χ2n) is 3.69. The smallest absolute Gasteiger partial charge is 0.389 e. The Hall–Kier alpha value is -1.43. The molecule has 1 rings (SSSR count). The molecule has 3 N–H and O–H groups in total. The summed E-state index contributed by atoms with van der Waals surface area (Å²) >= 11 is 0. The van der Waals surface area contributed by atoms with Crippen LogP contribution in [0.25, 0.3) is 0 Å². The van der Waals surface area contributed by atoms with Crippen molar-refractivity contribution in [2.24, 2.45) is 5.73 Å². The fraction of sp³-hybridized carbons (Fsp3) is 0.455. The van der Waals surface area contributed by atoms with Crippen molar-refractivity contribution in [3.63, 3.8) is 0 Å². The van der Waals surface area contributed by atoms with Crippen LogP contribution in [-0.2, 0) is 0 Å². The number of alkyl halides is 3. The second-order valence-corrected chi connectivity index (χ2v) is 3.69. The molecule has 1 aromatic rings. The lowest BCUT2D eigenvalue weighted by Crippen LogP contribution is -2.16. The molecule has 0 amide bonds. The van der Waals surface area contributed by atoms with Gasteiger partial charge in [0.25, 0.3) is 0 Å². The van der Waals surface area contributed by atoms with Gasteiger partial charge in [-0.3, -0.25) is 0 Å². The molecule has 6 heteroatoms. The number of ether oxygens (including phenoxy) is 1. The highest BCUT2D eigenvalue weighted by molar-refractivity contribution is 5.41. The second kappa shape index (κ2) is 5.27. The van der Waals surface area contributed by atoms with E-state index >= 15 is 0 Å². The van der Waals surface area contributed by atoms with E-state index in [2.05, 4.69) is 0 Å². The number of phenols is 1. The monoisotopic (exact) mass is 249 g/mol. The van der Waals surface area contributed by atoms with Gasteiger partial charge in [0.05, 0.1) is 7.11 Å². The quantitative estimate of drug-likeness (QED) is 0.862. The van der Waals surface area contributed by atoms with Gasteiger partial charge in [-0.05, 0) is 12.5 Å². The highest BCUT2D eigenvalue weighted by Crippen LogP contribution is 2.32. The van der Waals surface area contributed by atoms with Crippen molar-refractivity contribution in [3.05, 3.63) is 23.8 Å². The maximum Gasteiger partial charge on any atom is 0.389 e. The van der Waals surface area contributed by atoms with Crippen LogP contribution in [0.2, 0.25) is 0 Å². The summed E-state index contributed by atoms with van der Waals surface area (Å²) in [6, 6.07) is 3.38. The first-order valence-corrected chi connectivity index (χ1v) is 5.02. The molecular formula is C11H14F3NO2. The van der Waals surface area contributed by atoms with Gasteiger partial charge in [0.15, 0.2) is 0 Å². The molecule has 1 atom stereocenters. The van der Waals surface area contributed by atoms with Crippen LogP contribution in [0, 0.1) is 0 Å². The average molecular weight is 249 g/mol. The third-order valence-corrected chi connectivity index (χ3v) is 2.36. The minimum atomic E-state index is -4.22. The number of halogens is 3. The predicted octanol–water partition coefficient (Wildman–Crippen LogP) is 2.74. The zero-order valence-corrected chi connectivity index (χ0v) is 9.29. The summed E-state index contributed by atoms with van der Waals surface area (Å²) in [4.78, 5) is 0. The summed E-state index contributed by atoms with van der Waals surface area (Å²) in [5.41, 5.74) is 6.12. The number of phenolic OH excluding ortho intramolecular Hbond substituents is 1. The van der Waals surface area contributed by atoms with E-state index in [0.717, 1.165) is 0 Å². The molecule has 0 bridgehead atoms. The van der Waals surface area contributed by atoms with Gasteiger partial charge < -0.3 is 15.6 Å². The van der Waals surface area contributed by atoms with Gasteiger partial charge in [-0.15, -0.1) is 0 Å². The Labute approximate surface area is 97.0 Å². The van der Waals surface area contributed by atoms with E-state index in [4.69, 9.17) is 10.5 Å². The summed E-state index contributed by atoms with van der Waals surface area (Å²) in [6.45, 7) is 0. The van der Waals surface area contributed by atoms with Crippen molar-refractivity contribution in [1.82, 2.24) is 0 Å². The zero-order valence-electron chi connectivity index (χ0n) is 9.29. The fourth-order valence-corrected chi connectivity index (χ4v) is 1.48. The predicted molar refractivity (Wildman–Crippen MR) is 56.9 cm³/mol. The molecule has 0 aliphatic carbocycles. The van der Waals surface area contributed by atoms with Crippen LogP contribution >= 0.6 is 0 Å². The summed E-state index contributed by atoms with van der Waals surface area (Å²) in [6.07, 6.45) is -5.38. The lowest BCUT2D eigenvalue weighted by atomic mass is 10.0. The Morgan fingerprint density at radius 2 is 2.06 bits per heavy atom. The lowest BCUT2D eigenvalue weighted by molar-refractivity contribution is -0.136. The fourth-order valence-electron chi connectivity index (χ4n) is 1.48. The lowest BCUT2D eigenvalue weighted by Gasteiger charge is -2.16. The van der Waals surface area contributed by atoms with E-state index in [1.54, 1.807) is 0 Å². The molecule has 0 aliphatic heterocycles. The van der Waals surface area contributed by atoms with Crippen molar-refractivity contribution in [1.29, 1.82) is 0 Å². The Balaban J connectivity index is 2.78. The highest BCUT2D eigenvalue weighted by Gasteiger charge is 2.28. The van der Waals surface area contributed by atoms with Gasteiger partial charge in [0.2, 0.25) is 0 Å². The summed E-state index contributed by atoms with van der Waals surface area (Å²) in [5.74, 6) is 0.272. The van der Waals surface area contributed by atoms with E-state index in [1.165, 1.54) is 25.3 Å². The minimum Gasteiger partial charge on any atom is -0.508 e. The first-order valence-electron chi connectivity index (χ1n) is 5.02. The number of benzene rings is 1. The highest BCUT2D eigenvalue weighted by atomic mass is 19.4. The molecule has 3 nitrogen and oxygen atoms in total. The molecule has 1 aromatic carbocycles. The van der Waals surface area contributed by atoms with Gasteiger partial charge in [-0.25, -0.2) is 0 Å². The summed E-state index contributed by atoms with van der Waals surface area (Å²) in [5, 5.41) is 9.21. The van der Waals surface area contributed by atoms with Crippen LogP contribution in [0.4, 0.5) is 13.2 Å². The molecule has 0 fully saturated rings. The average Bonchev–Trinajstić information content (AvgIpc) is 2.24. The Bertz CT molecular complexity index is 379. The molecule has 0 saturated carbocycles. The Kier molecular flexibility index (Phi) is 4.22. The van der Waals surface area contributed by atoms with E-state index in [0.29, 0.717) is 11.3 Å². The molecule has 0 aliphatic rings. The number of aromatic hydroxyl groups is 1. The Morgan fingerprint density at radius 1 is 1.41 bits per heavy atom. The van der Waals surface area contributed by atoms with Gasteiger partial charge in [-0.1, -0.05) is 6.07 Å². The third kappa shape index (κ3) is 4.14. The van der Waals surface area contributed by atoms with Crippen LogP contribution in [0.15, 0.2) is 18.2 Å². The van der Waals surface area contributed by atoms with Crippen LogP contribution in [-0.4, -0.2) is 18.4 Å². The first kappa shape index (κ1) is 13.6. The van der Waals surface area contributed by atoms with Crippen molar-refractivity contribution in [2.45, 2.75) is 25.1 Å². The topological polar surface area (TPSA) is 55.5 Å². The first-order chi connectivity index (χ1) is 7.83. The molecule has 17 heavy (non-hydrogen) atoms. The van der Waals surface area contributed by atoms with Gasteiger partial charge in [-0.2, -0.15) is 13.2 Å². The molecular weight excluding hydrogens is 235 g/mol. The van der Waals surface area contributed by atoms with Crippen molar-refractivity contribution in [3.8, 4) is 11.5 Å². The minimum absolute atomic E-state index is 0.0198. The molecule has 0 heterocycles. The number of hydrogen-bond donors (Lipinski definition) is 2. The number of methoxy groups -OCH3 is 1. The van der Waals surface area contributed by atoms with Crippen LogP contribution in [0.3, 0.4) is 0 Å². The van der Waals surface area contributed by atoms with E-state index in [-0.39, 0.29) is 12.2 Å². The number of hydrogen-bond acceptors (Lipinski definition) is 3. The van der Waals surface area contributed by atoms with Crippen LogP contribution < -0.4 is 10.5 Å². The summed E-state index contributed by atoms with van der Waals surface area (Å²) in [7, 11) is 1.37. The summed E-state index contributed by atoms with van der Waals surface area (Å²) < 4.78 is 41.1. The maximum absolute atomic E-state index is 12.1. The van der Waals surface area contributed by atoms with Crippen LogP contribution in [0.5, 0.6) is 11.5 Å². The van der Waals surface area contributed by atoms with Crippen LogP contribution in [0.1, 0.15) is 24.4 Å². The molecule has 96 valence electrons. The third-order valence-electron chi connectivity index (χ3n) is 2.36. The standard InChI is InChI=1S/C11H14F3NO2/c1-17-10-6-7(16)2-3-8(10)9(15)4-5-11(12,13)14/h2-3,6,9,16H,4-5,15H2,1H3/t9-/m1/s1. The Morgan fingerprint density at radius 3 is 2.59 bits per heavy atom. The van der Waals surface area contributed by atoms with Gasteiger partial charge in [0, 0.05) is 24.1 Å². The zero-order chi connectivity index (χ0) is 13.1. The molecule has 0 saturated heterocycles. The number of nitrogens with two attached hydrogens (primary N) is 1. The van der Waals surface area contributed by atoms with E-state index < -0.39 is 18.6 Å². The van der Waals surface area contributed by atoms with E-state index in [9.17, 15) is 18.3 Å².